The Hall–Kier alpha value is 0.0249. The van der Waals surface area contributed by atoms with Gasteiger partial charge < -0.3 is 19.8 Å². The summed E-state index contributed by atoms with van der Waals surface area (Å²) >= 11 is 0. The van der Waals surface area contributed by atoms with Gasteiger partial charge in [0.2, 0.25) is 0 Å². The smallest absolute Gasteiger partial charge is 0.356 e. The van der Waals surface area contributed by atoms with Crippen molar-refractivity contribution < 1.29 is 33.3 Å². The Balaban J connectivity index is 3.06. The molecule has 128 valence electrons. The van der Waals surface area contributed by atoms with E-state index in [2.05, 4.69) is 0 Å². The molecule has 1 aliphatic heterocycles. The van der Waals surface area contributed by atoms with E-state index < -0.39 is 49.3 Å². The molecular formula is C13H25BFO6P. The highest BCUT2D eigenvalue weighted by atomic mass is 31.2. The molecule has 1 rings (SSSR count). The van der Waals surface area contributed by atoms with Gasteiger partial charge in [-0.1, -0.05) is 20.8 Å². The van der Waals surface area contributed by atoms with E-state index in [1.165, 1.54) is 0 Å². The molecule has 1 heterocycles. The lowest BCUT2D eigenvalue weighted by molar-refractivity contribution is -0.0937. The monoisotopic (exact) mass is 338 g/mol. The first-order valence-electron chi connectivity index (χ1n) is 7.46. The lowest BCUT2D eigenvalue weighted by Crippen LogP contribution is -2.48. The van der Waals surface area contributed by atoms with Crippen molar-refractivity contribution in [3.63, 3.8) is 0 Å². The minimum atomic E-state index is -4.27. The van der Waals surface area contributed by atoms with Gasteiger partial charge >= 0.3 is 7.60 Å². The third kappa shape index (κ3) is 3.74. The normalized spacial score (nSPS) is 35.1. The summed E-state index contributed by atoms with van der Waals surface area (Å²) in [5, 5.41) is 19.4. The van der Waals surface area contributed by atoms with Crippen molar-refractivity contribution in [2.75, 3.05) is 0 Å². The summed E-state index contributed by atoms with van der Waals surface area (Å²) in [7, 11) is 1.19. The summed E-state index contributed by atoms with van der Waals surface area (Å²) in [6.45, 7) is 6.30. The van der Waals surface area contributed by atoms with E-state index >= 15 is 0 Å². The van der Waals surface area contributed by atoms with Crippen LogP contribution in [0.2, 0.25) is 0 Å². The number of halogens is 1. The van der Waals surface area contributed by atoms with E-state index in [-0.39, 0.29) is 0 Å². The van der Waals surface area contributed by atoms with Crippen LogP contribution in [0.1, 0.15) is 40.5 Å². The Kier molecular flexibility index (Phi) is 6.64. The molecule has 1 saturated heterocycles. The number of alkyl halides is 1. The zero-order valence-electron chi connectivity index (χ0n) is 13.3. The molecule has 2 radical (unpaired) electrons. The second-order valence-corrected chi connectivity index (χ2v) is 7.91. The first-order valence-corrected chi connectivity index (χ1v) is 9.11. The molecule has 0 spiro atoms. The van der Waals surface area contributed by atoms with Crippen LogP contribution in [0.15, 0.2) is 0 Å². The minimum absolute atomic E-state index is 0.320. The zero-order chi connectivity index (χ0) is 17.3. The minimum Gasteiger partial charge on any atom is -0.387 e. The lowest BCUT2D eigenvalue weighted by Gasteiger charge is -2.42. The van der Waals surface area contributed by atoms with E-state index in [1.54, 1.807) is 20.8 Å². The van der Waals surface area contributed by atoms with Crippen LogP contribution in [0.3, 0.4) is 0 Å². The van der Waals surface area contributed by atoms with Crippen molar-refractivity contribution in [2.45, 2.75) is 76.4 Å². The van der Waals surface area contributed by atoms with Gasteiger partial charge in [-0.2, -0.15) is 0 Å². The summed E-state index contributed by atoms with van der Waals surface area (Å²) in [4.78, 5) is 9.83. The summed E-state index contributed by atoms with van der Waals surface area (Å²) in [5.41, 5.74) is -1.16. The summed E-state index contributed by atoms with van der Waals surface area (Å²) < 4.78 is 36.4. The number of hydrogen-bond acceptors (Lipinski definition) is 5. The highest BCUT2D eigenvalue weighted by molar-refractivity contribution is 7.53. The summed E-state index contributed by atoms with van der Waals surface area (Å²) in [6, 6.07) is -1.24. The van der Waals surface area contributed by atoms with Crippen molar-refractivity contribution in [2.24, 2.45) is 5.92 Å². The molecular weight excluding hydrogens is 313 g/mol. The van der Waals surface area contributed by atoms with Gasteiger partial charge in [0.15, 0.2) is 5.85 Å². The van der Waals surface area contributed by atoms with Crippen molar-refractivity contribution in [1.82, 2.24) is 0 Å². The first-order chi connectivity index (χ1) is 10.0. The molecule has 0 aliphatic carbocycles. The van der Waals surface area contributed by atoms with Gasteiger partial charge in [0.1, 0.15) is 20.1 Å². The average molecular weight is 338 g/mol. The molecule has 0 aromatic carbocycles. The molecule has 7 atom stereocenters. The third-order valence-corrected chi connectivity index (χ3v) is 6.16. The Morgan fingerprint density at radius 1 is 1.41 bits per heavy atom. The van der Waals surface area contributed by atoms with Crippen LogP contribution in [0, 0.1) is 5.92 Å². The number of aliphatic hydroxyl groups is 2. The standard InChI is InChI=1S/C13H25BFO6P/c1-5-13(6-2,21-22(18,19)8(4)16)7(3)11-10(17)9(15)12(14)20-11/h7-12,16-17H,5-6H2,1-4H3,(H,18,19)/t7?,8-,9+,10-,11+,12+/m0/s1. The van der Waals surface area contributed by atoms with Crippen LogP contribution in [-0.2, 0) is 13.8 Å². The molecule has 0 aromatic rings. The van der Waals surface area contributed by atoms with Crippen molar-refractivity contribution in [3.8, 4) is 0 Å². The number of aliphatic hydroxyl groups excluding tert-OH is 2. The molecule has 6 nitrogen and oxygen atoms in total. The van der Waals surface area contributed by atoms with Crippen LogP contribution < -0.4 is 0 Å². The molecule has 0 bridgehead atoms. The number of rotatable bonds is 7. The van der Waals surface area contributed by atoms with Crippen molar-refractivity contribution >= 4 is 15.4 Å². The van der Waals surface area contributed by atoms with E-state index in [1.807, 2.05) is 0 Å². The summed E-state index contributed by atoms with van der Waals surface area (Å²) in [6.07, 6.45) is -3.48. The van der Waals surface area contributed by atoms with Gasteiger partial charge in [-0.15, -0.1) is 0 Å². The van der Waals surface area contributed by atoms with Crippen LogP contribution in [-0.4, -0.2) is 58.8 Å². The predicted octanol–water partition coefficient (Wildman–Crippen LogP) is 1.31. The fraction of sp³-hybridized carbons (Fsp3) is 1.00. The Labute approximate surface area is 132 Å². The highest BCUT2D eigenvalue weighted by Gasteiger charge is 2.52. The van der Waals surface area contributed by atoms with Crippen LogP contribution in [0.25, 0.3) is 0 Å². The maximum Gasteiger partial charge on any atom is 0.356 e. The van der Waals surface area contributed by atoms with Crippen LogP contribution in [0.4, 0.5) is 4.39 Å². The maximum absolute atomic E-state index is 13.7. The Bertz CT molecular complexity index is 419. The largest absolute Gasteiger partial charge is 0.387 e. The second kappa shape index (κ2) is 7.28. The Morgan fingerprint density at radius 2 is 1.91 bits per heavy atom. The molecule has 1 fully saturated rings. The summed E-state index contributed by atoms with van der Waals surface area (Å²) in [5.74, 6) is -2.16. The molecule has 0 aromatic heterocycles. The molecule has 0 saturated carbocycles. The van der Waals surface area contributed by atoms with E-state index in [0.717, 1.165) is 6.92 Å². The first kappa shape index (κ1) is 20.1. The molecule has 9 heteroatoms. The second-order valence-electron chi connectivity index (χ2n) is 5.85. The number of hydrogen-bond donors (Lipinski definition) is 3. The fourth-order valence-corrected chi connectivity index (χ4v) is 3.97. The molecule has 2 unspecified atom stereocenters. The molecule has 22 heavy (non-hydrogen) atoms. The third-order valence-electron chi connectivity index (χ3n) is 4.60. The molecule has 0 amide bonds. The molecule has 3 N–H and O–H groups in total. The predicted molar refractivity (Wildman–Crippen MR) is 80.4 cm³/mol. The van der Waals surface area contributed by atoms with Crippen molar-refractivity contribution in [3.05, 3.63) is 0 Å². The van der Waals surface area contributed by atoms with Gasteiger partial charge in [-0.25, -0.2) is 4.39 Å². The topological polar surface area (TPSA) is 96.2 Å². The van der Waals surface area contributed by atoms with E-state index in [9.17, 15) is 24.1 Å². The van der Waals surface area contributed by atoms with Gasteiger partial charge in [0, 0.05) is 5.92 Å². The van der Waals surface area contributed by atoms with Crippen LogP contribution in [0.5, 0.6) is 0 Å². The SMILES string of the molecule is [B][C@@H]1O[C@H](C(C)C(CC)(CC)OP(=O)(O)[C@@H](C)O)[C@@H](O)[C@H]1F. The van der Waals surface area contributed by atoms with Gasteiger partial charge in [0.25, 0.3) is 0 Å². The lowest BCUT2D eigenvalue weighted by atomic mass is 9.79. The van der Waals surface area contributed by atoms with Gasteiger partial charge in [0.05, 0.1) is 17.7 Å². The van der Waals surface area contributed by atoms with E-state index in [4.69, 9.17) is 17.1 Å². The van der Waals surface area contributed by atoms with Gasteiger partial charge in [-0.3, -0.25) is 9.09 Å². The highest BCUT2D eigenvalue weighted by Crippen LogP contribution is 2.54. The maximum atomic E-state index is 13.7. The Morgan fingerprint density at radius 3 is 2.23 bits per heavy atom. The zero-order valence-corrected chi connectivity index (χ0v) is 14.2. The van der Waals surface area contributed by atoms with E-state index in [0.29, 0.717) is 12.8 Å². The fourth-order valence-electron chi connectivity index (χ4n) is 2.87. The quantitative estimate of drug-likeness (QED) is 0.479. The molecule has 1 aliphatic rings. The van der Waals surface area contributed by atoms with Crippen LogP contribution >= 0.6 is 7.60 Å². The average Bonchev–Trinajstić information content (AvgIpc) is 2.71. The number of ether oxygens (including phenoxy) is 1. The van der Waals surface area contributed by atoms with Gasteiger partial charge in [-0.05, 0) is 19.8 Å². The van der Waals surface area contributed by atoms with Crippen molar-refractivity contribution in [1.29, 1.82) is 0 Å².